The van der Waals surface area contributed by atoms with E-state index in [1.165, 1.54) is 13.2 Å². The summed E-state index contributed by atoms with van der Waals surface area (Å²) >= 11 is 0. The molecule has 2 aromatic carbocycles. The Balaban J connectivity index is 1.98. The maximum absolute atomic E-state index is 13.5. The fourth-order valence-corrected chi connectivity index (χ4v) is 2.99. The van der Waals surface area contributed by atoms with Crippen LogP contribution in [-0.4, -0.2) is 18.8 Å². The minimum atomic E-state index is -0.247. The molecule has 1 unspecified atom stereocenters. The normalized spacial score (nSPS) is 16.8. The first-order valence-electron chi connectivity index (χ1n) is 8.26. The van der Waals surface area contributed by atoms with Crippen molar-refractivity contribution in [3.05, 3.63) is 77.1 Å². The number of aliphatic imine (C=N–C) groups is 1. The zero-order valence-electron chi connectivity index (χ0n) is 14.3. The number of carbonyl (C=O) groups excluding carboxylic acids is 1. The Hall–Kier alpha value is -2.75. The summed E-state index contributed by atoms with van der Waals surface area (Å²) in [6.07, 6.45) is 2.98. The largest absolute Gasteiger partial charge is 0.469 e. The molecule has 25 heavy (non-hydrogen) atoms. The second-order valence-corrected chi connectivity index (χ2v) is 6.13. The molecule has 1 aliphatic heterocycles. The number of allylic oxidation sites excluding steroid dienone is 1. The van der Waals surface area contributed by atoms with Crippen LogP contribution in [0.5, 0.6) is 0 Å². The van der Waals surface area contributed by atoms with Crippen molar-refractivity contribution in [2.75, 3.05) is 7.11 Å². The van der Waals surface area contributed by atoms with Crippen molar-refractivity contribution < 1.29 is 13.9 Å². The monoisotopic (exact) mass is 337 g/mol. The number of hydrogen-bond acceptors (Lipinski definition) is 3. The Bertz CT molecular complexity index is 840. The van der Waals surface area contributed by atoms with Gasteiger partial charge in [0.2, 0.25) is 0 Å². The minimum absolute atomic E-state index is 0.0276. The lowest BCUT2D eigenvalue weighted by Crippen LogP contribution is -2.22. The van der Waals surface area contributed by atoms with Crippen LogP contribution in [0.25, 0.3) is 5.70 Å². The highest BCUT2D eigenvalue weighted by molar-refractivity contribution is 6.07. The Morgan fingerprint density at radius 2 is 1.96 bits per heavy atom. The first-order chi connectivity index (χ1) is 12.1. The van der Waals surface area contributed by atoms with Crippen LogP contribution >= 0.6 is 0 Å². The van der Waals surface area contributed by atoms with E-state index in [1.54, 1.807) is 19.1 Å². The molecule has 0 N–H and O–H groups in total. The van der Waals surface area contributed by atoms with Crippen molar-refractivity contribution in [1.82, 2.24) is 0 Å². The number of hydrogen-bond donors (Lipinski definition) is 0. The SMILES string of the molecule is COC(=O)CC1CC=C(c2ccc(F)c(C)c2)N=C1c1ccccc1. The van der Waals surface area contributed by atoms with Crippen molar-refractivity contribution in [2.24, 2.45) is 10.9 Å². The molecule has 3 nitrogen and oxygen atoms in total. The molecule has 0 aliphatic carbocycles. The minimum Gasteiger partial charge on any atom is -0.469 e. The lowest BCUT2D eigenvalue weighted by atomic mass is 9.87. The van der Waals surface area contributed by atoms with Gasteiger partial charge in [-0.3, -0.25) is 9.79 Å². The average molecular weight is 337 g/mol. The number of nitrogens with zero attached hydrogens (tertiary/aromatic N) is 1. The van der Waals surface area contributed by atoms with Gasteiger partial charge in [0.1, 0.15) is 5.82 Å². The van der Waals surface area contributed by atoms with E-state index in [0.29, 0.717) is 12.0 Å². The van der Waals surface area contributed by atoms with Crippen LogP contribution in [0.1, 0.15) is 29.5 Å². The number of aryl methyl sites for hydroxylation is 1. The van der Waals surface area contributed by atoms with Gasteiger partial charge >= 0.3 is 5.97 Å². The summed E-state index contributed by atoms with van der Waals surface area (Å²) in [5.74, 6) is -0.501. The molecular weight excluding hydrogens is 317 g/mol. The molecule has 0 radical (unpaired) electrons. The number of benzene rings is 2. The maximum atomic E-state index is 13.5. The lowest BCUT2D eigenvalue weighted by molar-refractivity contribution is -0.141. The third-order valence-corrected chi connectivity index (χ3v) is 4.39. The van der Waals surface area contributed by atoms with Crippen molar-refractivity contribution in [1.29, 1.82) is 0 Å². The summed E-state index contributed by atoms with van der Waals surface area (Å²) in [5, 5.41) is 0. The molecule has 0 amide bonds. The summed E-state index contributed by atoms with van der Waals surface area (Å²) < 4.78 is 18.4. The van der Waals surface area contributed by atoms with Crippen molar-refractivity contribution in [3.8, 4) is 0 Å². The molecule has 0 aromatic heterocycles. The second-order valence-electron chi connectivity index (χ2n) is 6.13. The van der Waals surface area contributed by atoms with Gasteiger partial charge in [-0.1, -0.05) is 36.4 Å². The fourth-order valence-electron chi connectivity index (χ4n) is 2.99. The molecule has 0 saturated heterocycles. The third-order valence-electron chi connectivity index (χ3n) is 4.39. The number of ether oxygens (including phenoxy) is 1. The summed E-state index contributed by atoms with van der Waals surface area (Å²) in [6.45, 7) is 1.74. The van der Waals surface area contributed by atoms with E-state index in [0.717, 1.165) is 22.5 Å². The summed E-state index contributed by atoms with van der Waals surface area (Å²) in [4.78, 5) is 16.6. The predicted molar refractivity (Wildman–Crippen MR) is 96.8 cm³/mol. The van der Waals surface area contributed by atoms with E-state index in [1.807, 2.05) is 36.4 Å². The molecule has 4 heteroatoms. The summed E-state index contributed by atoms with van der Waals surface area (Å²) in [6, 6.07) is 14.8. The van der Waals surface area contributed by atoms with Crippen LogP contribution in [0.3, 0.4) is 0 Å². The van der Waals surface area contributed by atoms with Gasteiger partial charge in [-0.2, -0.15) is 0 Å². The van der Waals surface area contributed by atoms with Crippen LogP contribution < -0.4 is 0 Å². The van der Waals surface area contributed by atoms with Gasteiger partial charge in [-0.15, -0.1) is 0 Å². The van der Waals surface area contributed by atoms with Gasteiger partial charge in [0, 0.05) is 11.5 Å². The van der Waals surface area contributed by atoms with Crippen LogP contribution in [0, 0.1) is 18.7 Å². The van der Waals surface area contributed by atoms with Gasteiger partial charge in [-0.25, -0.2) is 4.39 Å². The molecule has 0 spiro atoms. The Morgan fingerprint density at radius 1 is 1.20 bits per heavy atom. The molecule has 1 heterocycles. The van der Waals surface area contributed by atoms with Gasteiger partial charge in [0.15, 0.2) is 0 Å². The van der Waals surface area contributed by atoms with Gasteiger partial charge in [0.25, 0.3) is 0 Å². The average Bonchev–Trinajstić information content (AvgIpc) is 2.65. The second kappa shape index (κ2) is 7.43. The van der Waals surface area contributed by atoms with Crippen molar-refractivity contribution in [2.45, 2.75) is 19.8 Å². The molecular formula is C21H20FNO2. The quantitative estimate of drug-likeness (QED) is 0.768. The van der Waals surface area contributed by atoms with E-state index in [-0.39, 0.29) is 24.1 Å². The summed E-state index contributed by atoms with van der Waals surface area (Å²) in [7, 11) is 1.40. The topological polar surface area (TPSA) is 38.7 Å². The molecule has 3 rings (SSSR count). The fraction of sp³-hybridized carbons (Fsp3) is 0.238. The first kappa shape index (κ1) is 17.1. The number of esters is 1. The highest BCUT2D eigenvalue weighted by Gasteiger charge is 2.24. The molecule has 128 valence electrons. The maximum Gasteiger partial charge on any atom is 0.306 e. The van der Waals surface area contributed by atoms with Gasteiger partial charge < -0.3 is 4.74 Å². The zero-order chi connectivity index (χ0) is 17.8. The lowest BCUT2D eigenvalue weighted by Gasteiger charge is -2.22. The van der Waals surface area contributed by atoms with Gasteiger partial charge in [-0.05, 0) is 42.7 Å². The van der Waals surface area contributed by atoms with Crippen molar-refractivity contribution >= 4 is 17.4 Å². The highest BCUT2D eigenvalue weighted by Crippen LogP contribution is 2.30. The predicted octanol–water partition coefficient (Wildman–Crippen LogP) is 4.55. The van der Waals surface area contributed by atoms with Crippen LogP contribution in [-0.2, 0) is 9.53 Å². The van der Waals surface area contributed by atoms with E-state index < -0.39 is 0 Å². The standard InChI is InChI=1S/C21H20FNO2/c1-14-12-16(8-10-18(14)22)19-11-9-17(13-20(24)25-2)21(23-19)15-6-4-3-5-7-15/h3-8,10-12,17H,9,13H2,1-2H3. The van der Waals surface area contributed by atoms with E-state index in [4.69, 9.17) is 9.73 Å². The van der Waals surface area contributed by atoms with Gasteiger partial charge in [0.05, 0.1) is 24.9 Å². The number of rotatable bonds is 4. The summed E-state index contributed by atoms with van der Waals surface area (Å²) in [5.41, 5.74) is 4.13. The highest BCUT2D eigenvalue weighted by atomic mass is 19.1. The zero-order valence-corrected chi connectivity index (χ0v) is 14.3. The number of carbonyl (C=O) groups is 1. The smallest absolute Gasteiger partial charge is 0.306 e. The number of halogens is 1. The molecule has 0 saturated carbocycles. The Kier molecular flexibility index (Phi) is 5.08. The Morgan fingerprint density at radius 3 is 2.64 bits per heavy atom. The molecule has 0 bridgehead atoms. The molecule has 1 atom stereocenters. The first-order valence-corrected chi connectivity index (χ1v) is 8.26. The van der Waals surface area contributed by atoms with Crippen LogP contribution in [0.2, 0.25) is 0 Å². The Labute approximate surface area is 146 Å². The van der Waals surface area contributed by atoms with Crippen molar-refractivity contribution in [3.63, 3.8) is 0 Å². The van der Waals surface area contributed by atoms with Crippen LogP contribution in [0.15, 0.2) is 59.6 Å². The molecule has 0 fully saturated rings. The van der Waals surface area contributed by atoms with E-state index in [9.17, 15) is 9.18 Å². The van der Waals surface area contributed by atoms with E-state index >= 15 is 0 Å². The van der Waals surface area contributed by atoms with Crippen LogP contribution in [0.4, 0.5) is 4.39 Å². The third kappa shape index (κ3) is 3.85. The molecule has 1 aliphatic rings. The number of methoxy groups -OCH3 is 1. The van der Waals surface area contributed by atoms with E-state index in [2.05, 4.69) is 0 Å². The molecule has 2 aromatic rings.